The maximum Gasteiger partial charge on any atom is 0.251 e. The first-order valence-electron chi connectivity index (χ1n) is 6.61. The van der Waals surface area contributed by atoms with Gasteiger partial charge in [-0.05, 0) is 31.4 Å². The number of aromatic nitrogens is 2. The van der Waals surface area contributed by atoms with Gasteiger partial charge in [-0.3, -0.25) is 4.79 Å². The van der Waals surface area contributed by atoms with Crippen LogP contribution in [0.3, 0.4) is 0 Å². The van der Waals surface area contributed by atoms with Crippen LogP contribution in [-0.2, 0) is 19.3 Å². The van der Waals surface area contributed by atoms with Crippen LogP contribution < -0.4 is 11.3 Å². The van der Waals surface area contributed by atoms with Gasteiger partial charge in [0.1, 0.15) is 5.82 Å². The number of H-pyrrole nitrogens is 1. The number of hydrogen-bond acceptors (Lipinski definition) is 3. The molecule has 0 saturated carbocycles. The van der Waals surface area contributed by atoms with Crippen molar-refractivity contribution < 1.29 is 0 Å². The molecule has 0 aliphatic carbocycles. The summed E-state index contributed by atoms with van der Waals surface area (Å²) in [5.41, 5.74) is 7.47. The predicted octanol–water partition coefficient (Wildman–Crippen LogP) is 1.45. The molecule has 0 aliphatic heterocycles. The second-order valence-electron chi connectivity index (χ2n) is 4.56. The molecule has 1 aromatic heterocycles. The van der Waals surface area contributed by atoms with Crippen LogP contribution in [0.1, 0.15) is 23.5 Å². The Hall–Kier alpha value is -1.94. The van der Waals surface area contributed by atoms with Crippen molar-refractivity contribution in [1.29, 1.82) is 0 Å². The van der Waals surface area contributed by atoms with Crippen molar-refractivity contribution in [2.24, 2.45) is 5.73 Å². The largest absolute Gasteiger partial charge is 0.330 e. The molecular formula is C15H19N3O. The molecule has 2 aromatic rings. The minimum atomic E-state index is -0.0786. The van der Waals surface area contributed by atoms with Gasteiger partial charge in [-0.25, -0.2) is 4.98 Å². The normalized spacial score (nSPS) is 10.6. The monoisotopic (exact) mass is 257 g/mol. The Balaban J connectivity index is 2.03. The molecule has 1 aromatic carbocycles. The summed E-state index contributed by atoms with van der Waals surface area (Å²) in [5.74, 6) is 0.753. The molecule has 100 valence electrons. The van der Waals surface area contributed by atoms with E-state index in [-0.39, 0.29) is 5.56 Å². The predicted molar refractivity (Wildman–Crippen MR) is 76.1 cm³/mol. The van der Waals surface area contributed by atoms with E-state index in [9.17, 15) is 4.79 Å². The fourth-order valence-corrected chi connectivity index (χ4v) is 2.00. The van der Waals surface area contributed by atoms with Crippen LogP contribution in [0.5, 0.6) is 0 Å². The second-order valence-corrected chi connectivity index (χ2v) is 4.56. The van der Waals surface area contributed by atoms with Crippen molar-refractivity contribution in [3.05, 3.63) is 63.8 Å². The Labute approximate surface area is 112 Å². The highest BCUT2D eigenvalue weighted by Gasteiger charge is 2.02. The molecule has 0 saturated heterocycles. The maximum atomic E-state index is 11.6. The molecule has 0 spiro atoms. The Morgan fingerprint density at radius 2 is 1.89 bits per heavy atom. The molecule has 0 atom stereocenters. The third-order valence-corrected chi connectivity index (χ3v) is 2.97. The van der Waals surface area contributed by atoms with Crippen LogP contribution in [0.4, 0.5) is 0 Å². The van der Waals surface area contributed by atoms with Gasteiger partial charge in [0.05, 0.1) is 0 Å². The number of nitrogens with two attached hydrogens (primary N) is 1. The van der Waals surface area contributed by atoms with Crippen molar-refractivity contribution in [2.45, 2.75) is 25.7 Å². The summed E-state index contributed by atoms with van der Waals surface area (Å²) in [6, 6.07) is 11.7. The van der Waals surface area contributed by atoms with Crippen LogP contribution in [0.25, 0.3) is 0 Å². The summed E-state index contributed by atoms with van der Waals surface area (Å²) >= 11 is 0. The number of hydrogen-bond donors (Lipinski definition) is 2. The van der Waals surface area contributed by atoms with Gasteiger partial charge in [0, 0.05) is 18.2 Å². The zero-order valence-corrected chi connectivity index (χ0v) is 10.9. The highest BCUT2D eigenvalue weighted by molar-refractivity contribution is 5.15. The van der Waals surface area contributed by atoms with E-state index in [4.69, 9.17) is 5.73 Å². The van der Waals surface area contributed by atoms with Crippen LogP contribution in [-0.4, -0.2) is 16.5 Å². The number of rotatable bonds is 6. The van der Waals surface area contributed by atoms with Gasteiger partial charge in [0.2, 0.25) is 0 Å². The van der Waals surface area contributed by atoms with Crippen LogP contribution in [0, 0.1) is 0 Å². The summed E-state index contributed by atoms with van der Waals surface area (Å²) in [7, 11) is 0. The van der Waals surface area contributed by atoms with Gasteiger partial charge in [0.15, 0.2) is 0 Å². The lowest BCUT2D eigenvalue weighted by molar-refractivity contribution is 0.770. The Morgan fingerprint density at radius 1 is 1.11 bits per heavy atom. The average Bonchev–Trinajstić information content (AvgIpc) is 2.43. The highest BCUT2D eigenvalue weighted by Crippen LogP contribution is 2.04. The van der Waals surface area contributed by atoms with E-state index < -0.39 is 0 Å². The number of benzene rings is 1. The molecule has 0 radical (unpaired) electrons. The van der Waals surface area contributed by atoms with Gasteiger partial charge in [-0.15, -0.1) is 0 Å². The Morgan fingerprint density at radius 3 is 2.63 bits per heavy atom. The Bertz CT molecular complexity index is 563. The lowest BCUT2D eigenvalue weighted by Gasteiger charge is -2.04. The smallest absolute Gasteiger partial charge is 0.251 e. The molecule has 0 fully saturated rings. The van der Waals surface area contributed by atoms with E-state index in [2.05, 4.69) is 22.1 Å². The zero-order chi connectivity index (χ0) is 13.5. The minimum Gasteiger partial charge on any atom is -0.330 e. The summed E-state index contributed by atoms with van der Waals surface area (Å²) in [4.78, 5) is 18.8. The number of aromatic amines is 1. The van der Waals surface area contributed by atoms with E-state index in [1.54, 1.807) is 6.07 Å². The van der Waals surface area contributed by atoms with Gasteiger partial charge in [0.25, 0.3) is 5.56 Å². The minimum absolute atomic E-state index is 0.0786. The average molecular weight is 257 g/mol. The molecule has 4 heteroatoms. The first kappa shape index (κ1) is 13.5. The standard InChI is InChI=1S/C15H19N3O/c16-10-4-7-13-11-15(19)18-14(17-13)9-8-12-5-2-1-3-6-12/h1-3,5-6,11H,4,7-10,16H2,(H,17,18,19). The van der Waals surface area contributed by atoms with Gasteiger partial charge in [-0.2, -0.15) is 0 Å². The topological polar surface area (TPSA) is 71.8 Å². The van der Waals surface area contributed by atoms with Crippen LogP contribution >= 0.6 is 0 Å². The third kappa shape index (κ3) is 4.34. The van der Waals surface area contributed by atoms with Crippen molar-refractivity contribution >= 4 is 0 Å². The molecule has 0 amide bonds. The fourth-order valence-electron chi connectivity index (χ4n) is 2.00. The summed E-state index contributed by atoms with van der Waals surface area (Å²) in [6.07, 6.45) is 3.24. The first-order chi connectivity index (χ1) is 9.28. The lowest BCUT2D eigenvalue weighted by atomic mass is 10.1. The molecule has 4 nitrogen and oxygen atoms in total. The molecule has 0 unspecified atom stereocenters. The van der Waals surface area contributed by atoms with Crippen LogP contribution in [0.2, 0.25) is 0 Å². The van der Waals surface area contributed by atoms with Crippen molar-refractivity contribution in [2.75, 3.05) is 6.54 Å². The molecular weight excluding hydrogens is 238 g/mol. The van der Waals surface area contributed by atoms with E-state index in [1.165, 1.54) is 5.56 Å². The molecule has 3 N–H and O–H groups in total. The van der Waals surface area contributed by atoms with E-state index >= 15 is 0 Å². The van der Waals surface area contributed by atoms with Gasteiger partial charge >= 0.3 is 0 Å². The van der Waals surface area contributed by atoms with Gasteiger partial charge < -0.3 is 10.7 Å². The molecule has 0 aliphatic rings. The van der Waals surface area contributed by atoms with E-state index in [0.29, 0.717) is 6.54 Å². The maximum absolute atomic E-state index is 11.6. The van der Waals surface area contributed by atoms with E-state index in [1.807, 2.05) is 18.2 Å². The zero-order valence-electron chi connectivity index (χ0n) is 10.9. The number of aryl methyl sites for hydroxylation is 3. The third-order valence-electron chi connectivity index (χ3n) is 2.97. The SMILES string of the molecule is NCCCc1cc(=O)[nH]c(CCc2ccccc2)n1. The van der Waals surface area contributed by atoms with Crippen molar-refractivity contribution in [3.8, 4) is 0 Å². The first-order valence-corrected chi connectivity index (χ1v) is 6.61. The Kier molecular flexibility index (Phi) is 4.86. The lowest BCUT2D eigenvalue weighted by Crippen LogP contribution is -2.14. The molecule has 1 heterocycles. The number of nitrogens with one attached hydrogen (secondary N) is 1. The summed E-state index contributed by atoms with van der Waals surface area (Å²) < 4.78 is 0. The molecule has 0 bridgehead atoms. The highest BCUT2D eigenvalue weighted by atomic mass is 16.1. The second kappa shape index (κ2) is 6.85. The van der Waals surface area contributed by atoms with Crippen LogP contribution in [0.15, 0.2) is 41.2 Å². The quantitative estimate of drug-likeness (QED) is 0.822. The van der Waals surface area contributed by atoms with Crippen molar-refractivity contribution in [1.82, 2.24) is 9.97 Å². The fraction of sp³-hybridized carbons (Fsp3) is 0.333. The van der Waals surface area contributed by atoms with E-state index in [0.717, 1.165) is 37.2 Å². The summed E-state index contributed by atoms with van der Waals surface area (Å²) in [5, 5.41) is 0. The van der Waals surface area contributed by atoms with Crippen molar-refractivity contribution in [3.63, 3.8) is 0 Å². The molecule has 2 rings (SSSR count). The van der Waals surface area contributed by atoms with Gasteiger partial charge in [-0.1, -0.05) is 30.3 Å². The number of nitrogens with zero attached hydrogens (tertiary/aromatic N) is 1. The summed E-state index contributed by atoms with van der Waals surface area (Å²) in [6.45, 7) is 0.619. The molecule has 19 heavy (non-hydrogen) atoms.